The minimum absolute atomic E-state index is 0.142. The number of guanidine groups is 1. The van der Waals surface area contributed by atoms with E-state index in [2.05, 4.69) is 29.5 Å². The van der Waals surface area contributed by atoms with Crippen LogP contribution in [0.3, 0.4) is 0 Å². The molecule has 5 nitrogen and oxygen atoms in total. The quantitative estimate of drug-likeness (QED) is 0.501. The molecular weight excluding hydrogens is 274 g/mol. The van der Waals surface area contributed by atoms with Gasteiger partial charge in [-0.25, -0.2) is 0 Å². The molecule has 6 heteroatoms. The van der Waals surface area contributed by atoms with Crippen molar-refractivity contribution in [3.8, 4) is 0 Å². The largest absolute Gasteiger partial charge is 0.396 e. The van der Waals surface area contributed by atoms with Gasteiger partial charge in [0.05, 0.1) is 31.8 Å². The van der Waals surface area contributed by atoms with Gasteiger partial charge in [0.15, 0.2) is 5.96 Å². The second-order valence-corrected chi connectivity index (χ2v) is 7.78. The number of aliphatic hydroxyl groups is 1. The number of ether oxygens (including phenoxy) is 1. The molecule has 0 bridgehead atoms. The first kappa shape index (κ1) is 15.9. The molecule has 3 N–H and O–H groups in total. The van der Waals surface area contributed by atoms with E-state index < -0.39 is 0 Å². The number of nitrogens with one attached hydrogen (secondary N) is 2. The number of hydrogen-bond donors (Lipinski definition) is 3. The van der Waals surface area contributed by atoms with Gasteiger partial charge in [0, 0.05) is 17.8 Å². The van der Waals surface area contributed by atoms with Crippen molar-refractivity contribution in [2.24, 2.45) is 10.4 Å². The molecule has 0 aromatic carbocycles. The predicted octanol–water partition coefficient (Wildman–Crippen LogP) is 0.836. The Kier molecular flexibility index (Phi) is 5.57. The van der Waals surface area contributed by atoms with Crippen LogP contribution in [0, 0.1) is 5.41 Å². The average Bonchev–Trinajstić information content (AvgIpc) is 2.82. The minimum Gasteiger partial charge on any atom is -0.396 e. The zero-order valence-corrected chi connectivity index (χ0v) is 13.4. The van der Waals surface area contributed by atoms with Crippen LogP contribution in [0.5, 0.6) is 0 Å². The maximum atomic E-state index is 9.43. The second-order valence-electron chi connectivity index (χ2n) is 6.10. The zero-order valence-electron chi connectivity index (χ0n) is 12.6. The van der Waals surface area contributed by atoms with Crippen LogP contribution < -0.4 is 10.6 Å². The summed E-state index contributed by atoms with van der Waals surface area (Å²) in [7, 11) is 0. The Morgan fingerprint density at radius 2 is 2.20 bits per heavy atom. The van der Waals surface area contributed by atoms with Crippen molar-refractivity contribution in [3.05, 3.63) is 0 Å². The Bertz CT molecular complexity index is 334. The summed E-state index contributed by atoms with van der Waals surface area (Å²) < 4.78 is 5.53. The van der Waals surface area contributed by atoms with E-state index in [0.29, 0.717) is 24.5 Å². The molecule has 20 heavy (non-hydrogen) atoms. The molecule has 2 saturated heterocycles. The van der Waals surface area contributed by atoms with Gasteiger partial charge in [0.25, 0.3) is 0 Å². The summed E-state index contributed by atoms with van der Waals surface area (Å²) in [6.07, 6.45) is 2.57. The molecular formula is C14H27N3O2S. The number of nitrogens with zero attached hydrogens (tertiary/aromatic N) is 1. The molecule has 2 heterocycles. The van der Waals surface area contributed by atoms with Crippen LogP contribution >= 0.6 is 11.8 Å². The molecule has 0 saturated carbocycles. The SMILES string of the molecule is CCNC(=NCC1(CO)COC1)NCC1(C)CCCS1. The summed E-state index contributed by atoms with van der Waals surface area (Å²) >= 11 is 2.04. The van der Waals surface area contributed by atoms with Gasteiger partial charge in [0.2, 0.25) is 0 Å². The van der Waals surface area contributed by atoms with E-state index >= 15 is 0 Å². The Morgan fingerprint density at radius 3 is 2.70 bits per heavy atom. The van der Waals surface area contributed by atoms with Crippen molar-refractivity contribution in [2.75, 3.05) is 45.2 Å². The first-order valence-corrected chi connectivity index (χ1v) is 8.45. The Morgan fingerprint density at radius 1 is 1.40 bits per heavy atom. The van der Waals surface area contributed by atoms with Crippen molar-refractivity contribution in [1.82, 2.24) is 10.6 Å². The topological polar surface area (TPSA) is 65.9 Å². The monoisotopic (exact) mass is 301 g/mol. The summed E-state index contributed by atoms with van der Waals surface area (Å²) in [5, 5.41) is 16.1. The molecule has 2 aliphatic heterocycles. The van der Waals surface area contributed by atoms with Gasteiger partial charge in [-0.1, -0.05) is 0 Å². The lowest BCUT2D eigenvalue weighted by Gasteiger charge is -2.38. The molecule has 0 aromatic rings. The number of aliphatic hydroxyl groups excluding tert-OH is 1. The lowest BCUT2D eigenvalue weighted by molar-refractivity contribution is -0.130. The van der Waals surface area contributed by atoms with Gasteiger partial charge in [-0.3, -0.25) is 4.99 Å². The molecule has 0 amide bonds. The summed E-state index contributed by atoms with van der Waals surface area (Å²) in [5.74, 6) is 2.11. The number of hydrogen-bond acceptors (Lipinski definition) is 4. The van der Waals surface area contributed by atoms with E-state index in [9.17, 15) is 5.11 Å². The smallest absolute Gasteiger partial charge is 0.191 e. The van der Waals surface area contributed by atoms with Crippen molar-refractivity contribution in [2.45, 2.75) is 31.4 Å². The van der Waals surface area contributed by atoms with Crippen LogP contribution in [0.15, 0.2) is 4.99 Å². The average molecular weight is 301 g/mol. The van der Waals surface area contributed by atoms with Crippen LogP contribution in [-0.4, -0.2) is 61.0 Å². The van der Waals surface area contributed by atoms with Crippen LogP contribution in [0.1, 0.15) is 26.7 Å². The van der Waals surface area contributed by atoms with Crippen molar-refractivity contribution in [3.63, 3.8) is 0 Å². The van der Waals surface area contributed by atoms with Gasteiger partial charge in [-0.2, -0.15) is 11.8 Å². The van der Waals surface area contributed by atoms with Crippen molar-refractivity contribution < 1.29 is 9.84 Å². The van der Waals surface area contributed by atoms with Crippen LogP contribution in [-0.2, 0) is 4.74 Å². The van der Waals surface area contributed by atoms with Crippen LogP contribution in [0.2, 0.25) is 0 Å². The standard InChI is InChI=1S/C14H27N3O2S/c1-3-15-12(16-7-13(2)5-4-6-20-13)17-8-14(9-18)10-19-11-14/h18H,3-11H2,1-2H3,(H2,15,16,17). The lowest BCUT2D eigenvalue weighted by atomic mass is 9.87. The fraction of sp³-hybridized carbons (Fsp3) is 0.929. The maximum absolute atomic E-state index is 9.43. The molecule has 2 rings (SSSR count). The van der Waals surface area contributed by atoms with Crippen LogP contribution in [0.25, 0.3) is 0 Å². The molecule has 0 aromatic heterocycles. The van der Waals surface area contributed by atoms with Crippen molar-refractivity contribution in [1.29, 1.82) is 0 Å². The highest BCUT2D eigenvalue weighted by atomic mass is 32.2. The Labute approximate surface area is 125 Å². The fourth-order valence-corrected chi connectivity index (χ4v) is 3.70. The molecule has 0 aliphatic carbocycles. The van der Waals surface area contributed by atoms with E-state index in [1.807, 2.05) is 11.8 Å². The number of rotatable bonds is 6. The highest BCUT2D eigenvalue weighted by Gasteiger charge is 2.38. The van der Waals surface area contributed by atoms with Crippen LogP contribution in [0.4, 0.5) is 0 Å². The normalized spacial score (nSPS) is 29.1. The maximum Gasteiger partial charge on any atom is 0.191 e. The summed E-state index contributed by atoms with van der Waals surface area (Å²) in [5.41, 5.74) is -0.158. The third kappa shape index (κ3) is 4.02. The molecule has 1 atom stereocenters. The van der Waals surface area contributed by atoms with E-state index in [1.54, 1.807) is 0 Å². The third-order valence-electron chi connectivity index (χ3n) is 4.00. The third-order valence-corrected chi connectivity index (χ3v) is 5.54. The first-order chi connectivity index (χ1) is 9.61. The molecule has 0 radical (unpaired) electrons. The summed E-state index contributed by atoms with van der Waals surface area (Å²) in [4.78, 5) is 4.62. The summed E-state index contributed by atoms with van der Waals surface area (Å²) in [6, 6.07) is 0. The lowest BCUT2D eigenvalue weighted by Crippen LogP contribution is -2.49. The van der Waals surface area contributed by atoms with E-state index in [0.717, 1.165) is 19.0 Å². The van der Waals surface area contributed by atoms with Gasteiger partial charge < -0.3 is 20.5 Å². The van der Waals surface area contributed by atoms with Gasteiger partial charge in [-0.05, 0) is 32.4 Å². The Balaban J connectivity index is 1.85. The molecule has 2 aliphatic rings. The molecule has 2 fully saturated rings. The highest BCUT2D eigenvalue weighted by molar-refractivity contribution is 8.00. The molecule has 116 valence electrons. The fourth-order valence-electron chi connectivity index (χ4n) is 2.46. The molecule has 1 unspecified atom stereocenters. The van der Waals surface area contributed by atoms with E-state index in [-0.39, 0.29) is 12.0 Å². The Hall–Kier alpha value is -0.460. The summed E-state index contributed by atoms with van der Waals surface area (Å²) in [6.45, 7) is 8.14. The predicted molar refractivity (Wildman–Crippen MR) is 84.4 cm³/mol. The van der Waals surface area contributed by atoms with E-state index in [4.69, 9.17) is 4.74 Å². The van der Waals surface area contributed by atoms with E-state index in [1.165, 1.54) is 18.6 Å². The first-order valence-electron chi connectivity index (χ1n) is 7.46. The number of thioether (sulfide) groups is 1. The van der Waals surface area contributed by atoms with Gasteiger partial charge in [0.1, 0.15) is 0 Å². The molecule has 0 spiro atoms. The minimum atomic E-state index is -0.158. The van der Waals surface area contributed by atoms with Crippen molar-refractivity contribution >= 4 is 17.7 Å². The highest BCUT2D eigenvalue weighted by Crippen LogP contribution is 2.36. The van der Waals surface area contributed by atoms with Gasteiger partial charge in [-0.15, -0.1) is 0 Å². The van der Waals surface area contributed by atoms with Gasteiger partial charge >= 0.3 is 0 Å². The number of aliphatic imine (C=N–C) groups is 1. The zero-order chi connectivity index (χ0) is 14.5. The second kappa shape index (κ2) is 7.00.